The lowest BCUT2D eigenvalue weighted by Crippen LogP contribution is -1.93. The molecule has 0 bridgehead atoms. The van der Waals surface area contributed by atoms with Crippen molar-refractivity contribution in [2.24, 2.45) is 0 Å². The van der Waals surface area contributed by atoms with Crippen LogP contribution in [0.2, 0.25) is 5.02 Å². The van der Waals surface area contributed by atoms with E-state index in [2.05, 4.69) is 11.8 Å². The van der Waals surface area contributed by atoms with E-state index < -0.39 is 0 Å². The van der Waals surface area contributed by atoms with Crippen molar-refractivity contribution < 1.29 is 9.53 Å². The first-order valence-corrected chi connectivity index (χ1v) is 6.16. The van der Waals surface area contributed by atoms with Gasteiger partial charge in [0.2, 0.25) is 0 Å². The van der Waals surface area contributed by atoms with Gasteiger partial charge in [0.15, 0.2) is 5.12 Å². The number of anilines is 1. The predicted octanol–water partition coefficient (Wildman–Crippen LogP) is 2.56. The SMILES string of the molecule is COc1cc(C#CCSC(C)=O)c(Cl)cc1N. The third kappa shape index (κ3) is 4.22. The molecule has 0 unspecified atom stereocenters. The molecule has 0 fully saturated rings. The molecule has 0 aliphatic heterocycles. The first-order valence-electron chi connectivity index (χ1n) is 4.80. The van der Waals surface area contributed by atoms with Crippen molar-refractivity contribution in [1.29, 1.82) is 0 Å². The number of nitrogens with two attached hydrogens (primary N) is 1. The number of halogens is 1. The van der Waals surface area contributed by atoms with Crippen LogP contribution in [-0.4, -0.2) is 18.0 Å². The number of methoxy groups -OCH3 is 1. The van der Waals surface area contributed by atoms with E-state index in [9.17, 15) is 4.79 Å². The number of carbonyl (C=O) groups excluding carboxylic acids is 1. The lowest BCUT2D eigenvalue weighted by molar-refractivity contribution is -0.109. The van der Waals surface area contributed by atoms with Crippen molar-refractivity contribution in [3.8, 4) is 17.6 Å². The Bertz CT molecular complexity index is 491. The molecule has 0 aliphatic carbocycles. The number of hydrogen-bond acceptors (Lipinski definition) is 4. The van der Waals surface area contributed by atoms with Gasteiger partial charge in [0.05, 0.1) is 23.6 Å². The summed E-state index contributed by atoms with van der Waals surface area (Å²) in [5.41, 5.74) is 6.80. The maximum absolute atomic E-state index is 10.7. The molecule has 0 aliphatic rings. The zero-order chi connectivity index (χ0) is 12.8. The first-order chi connectivity index (χ1) is 8.04. The molecule has 0 heterocycles. The van der Waals surface area contributed by atoms with E-state index in [1.54, 1.807) is 12.1 Å². The van der Waals surface area contributed by atoms with Gasteiger partial charge in [-0.2, -0.15) is 0 Å². The molecule has 1 rings (SSSR count). The van der Waals surface area contributed by atoms with Gasteiger partial charge in [0, 0.05) is 12.5 Å². The van der Waals surface area contributed by atoms with Gasteiger partial charge in [-0.1, -0.05) is 35.2 Å². The lowest BCUT2D eigenvalue weighted by atomic mass is 10.2. The highest BCUT2D eigenvalue weighted by atomic mass is 35.5. The minimum atomic E-state index is 0.0419. The Labute approximate surface area is 110 Å². The Morgan fingerprint density at radius 2 is 2.29 bits per heavy atom. The number of nitrogen functional groups attached to an aromatic ring is 1. The van der Waals surface area contributed by atoms with Crippen LogP contribution < -0.4 is 10.5 Å². The van der Waals surface area contributed by atoms with Crippen LogP contribution in [0.25, 0.3) is 0 Å². The van der Waals surface area contributed by atoms with Gasteiger partial charge < -0.3 is 10.5 Å². The predicted molar refractivity (Wildman–Crippen MR) is 72.4 cm³/mol. The second-order valence-corrected chi connectivity index (χ2v) is 4.72. The van der Waals surface area contributed by atoms with Crippen LogP contribution in [0.4, 0.5) is 5.69 Å². The molecule has 0 amide bonds. The highest BCUT2D eigenvalue weighted by Gasteiger charge is 2.04. The van der Waals surface area contributed by atoms with Crippen molar-refractivity contribution in [1.82, 2.24) is 0 Å². The molecule has 0 aromatic heterocycles. The van der Waals surface area contributed by atoms with Crippen LogP contribution in [0.15, 0.2) is 12.1 Å². The number of carbonyl (C=O) groups is 1. The average molecular weight is 270 g/mol. The zero-order valence-corrected chi connectivity index (χ0v) is 11.1. The monoisotopic (exact) mass is 269 g/mol. The van der Waals surface area contributed by atoms with Gasteiger partial charge in [0.25, 0.3) is 0 Å². The fourth-order valence-electron chi connectivity index (χ4n) is 1.11. The van der Waals surface area contributed by atoms with Crippen LogP contribution in [0, 0.1) is 11.8 Å². The van der Waals surface area contributed by atoms with E-state index in [1.165, 1.54) is 14.0 Å². The molecule has 2 N–H and O–H groups in total. The quantitative estimate of drug-likeness (QED) is 0.662. The summed E-state index contributed by atoms with van der Waals surface area (Å²) in [6, 6.07) is 3.28. The summed E-state index contributed by atoms with van der Waals surface area (Å²) < 4.78 is 5.07. The molecule has 90 valence electrons. The van der Waals surface area contributed by atoms with Crippen molar-refractivity contribution in [3.05, 3.63) is 22.7 Å². The molecule has 0 atom stereocenters. The highest BCUT2D eigenvalue weighted by Crippen LogP contribution is 2.28. The molecule has 5 heteroatoms. The van der Waals surface area contributed by atoms with Gasteiger partial charge in [-0.05, 0) is 12.1 Å². The van der Waals surface area contributed by atoms with Crippen LogP contribution in [0.5, 0.6) is 5.75 Å². The smallest absolute Gasteiger partial charge is 0.186 e. The number of hydrogen-bond donors (Lipinski definition) is 1. The van der Waals surface area contributed by atoms with Gasteiger partial charge in [0.1, 0.15) is 5.75 Å². The number of rotatable bonds is 2. The Morgan fingerprint density at radius 1 is 1.59 bits per heavy atom. The summed E-state index contributed by atoms with van der Waals surface area (Å²) in [5.74, 6) is 6.72. The third-order valence-electron chi connectivity index (χ3n) is 1.89. The van der Waals surface area contributed by atoms with Crippen molar-refractivity contribution in [2.75, 3.05) is 18.6 Å². The van der Waals surface area contributed by atoms with E-state index in [0.717, 1.165) is 11.8 Å². The van der Waals surface area contributed by atoms with E-state index >= 15 is 0 Å². The number of ether oxygens (including phenoxy) is 1. The highest BCUT2D eigenvalue weighted by molar-refractivity contribution is 8.13. The normalized spacial score (nSPS) is 9.35. The Hall–Kier alpha value is -1.31. The molecule has 0 saturated heterocycles. The first kappa shape index (κ1) is 13.8. The standard InChI is InChI=1S/C12H12ClNO2S/c1-8(15)17-5-3-4-9-6-12(16-2)11(14)7-10(9)13/h6-7H,5,14H2,1-2H3. The summed E-state index contributed by atoms with van der Waals surface area (Å²) in [6.45, 7) is 1.51. The molecule has 17 heavy (non-hydrogen) atoms. The van der Waals surface area contributed by atoms with Crippen molar-refractivity contribution >= 4 is 34.2 Å². The summed E-state index contributed by atoms with van der Waals surface area (Å²) in [5, 5.41) is 0.518. The molecule has 1 aromatic rings. The molecule has 0 spiro atoms. The number of benzene rings is 1. The van der Waals surface area contributed by atoms with Crippen molar-refractivity contribution in [2.45, 2.75) is 6.92 Å². The van der Waals surface area contributed by atoms with E-state index in [0.29, 0.717) is 27.8 Å². The van der Waals surface area contributed by atoms with Gasteiger partial charge >= 0.3 is 0 Å². The van der Waals surface area contributed by atoms with E-state index in [4.69, 9.17) is 22.1 Å². The minimum Gasteiger partial charge on any atom is -0.495 e. The Kier molecular flexibility index (Phi) is 5.20. The van der Waals surface area contributed by atoms with Crippen LogP contribution in [0.1, 0.15) is 12.5 Å². The van der Waals surface area contributed by atoms with Gasteiger partial charge in [-0.25, -0.2) is 0 Å². The maximum Gasteiger partial charge on any atom is 0.186 e. The van der Waals surface area contributed by atoms with Crippen molar-refractivity contribution in [3.63, 3.8) is 0 Å². The minimum absolute atomic E-state index is 0.0419. The van der Waals surface area contributed by atoms with Crippen LogP contribution in [-0.2, 0) is 4.79 Å². The molecule has 0 saturated carbocycles. The fraction of sp³-hybridized carbons (Fsp3) is 0.250. The topological polar surface area (TPSA) is 52.3 Å². The van der Waals surface area contributed by atoms with Crippen LogP contribution in [0.3, 0.4) is 0 Å². The molecular formula is C12H12ClNO2S. The Morgan fingerprint density at radius 3 is 2.88 bits per heavy atom. The third-order valence-corrected chi connectivity index (χ3v) is 2.90. The van der Waals surface area contributed by atoms with E-state index in [1.807, 2.05) is 0 Å². The summed E-state index contributed by atoms with van der Waals surface area (Å²) in [6.07, 6.45) is 0. The molecule has 3 nitrogen and oxygen atoms in total. The van der Waals surface area contributed by atoms with Crippen LogP contribution >= 0.6 is 23.4 Å². The average Bonchev–Trinajstić information content (AvgIpc) is 2.26. The Balaban J connectivity index is 2.87. The fourth-order valence-corrected chi connectivity index (χ4v) is 1.68. The summed E-state index contributed by atoms with van der Waals surface area (Å²) >= 11 is 7.15. The van der Waals surface area contributed by atoms with Gasteiger partial charge in [-0.15, -0.1) is 0 Å². The van der Waals surface area contributed by atoms with Gasteiger partial charge in [-0.3, -0.25) is 4.79 Å². The molecule has 0 radical (unpaired) electrons. The molecule has 1 aromatic carbocycles. The zero-order valence-electron chi connectivity index (χ0n) is 9.54. The maximum atomic E-state index is 10.7. The molecular weight excluding hydrogens is 258 g/mol. The summed E-state index contributed by atoms with van der Waals surface area (Å²) in [7, 11) is 1.53. The second-order valence-electron chi connectivity index (χ2n) is 3.16. The largest absolute Gasteiger partial charge is 0.495 e. The second kappa shape index (κ2) is 6.43. The lowest BCUT2D eigenvalue weighted by Gasteiger charge is -2.05. The van der Waals surface area contributed by atoms with E-state index in [-0.39, 0.29) is 5.12 Å². The number of thioether (sulfide) groups is 1. The summed E-state index contributed by atoms with van der Waals surface area (Å²) in [4.78, 5) is 10.7.